The molecule has 132 valence electrons. The molecule has 6 nitrogen and oxygen atoms in total. The Balaban J connectivity index is 1.44. The van der Waals surface area contributed by atoms with E-state index in [0.717, 1.165) is 16.9 Å². The fourth-order valence-corrected chi connectivity index (χ4v) is 2.38. The number of benzene rings is 2. The lowest BCUT2D eigenvalue weighted by Crippen LogP contribution is -2.27. The monoisotopic (exact) mass is 349 g/mol. The van der Waals surface area contributed by atoms with Crippen LogP contribution in [0, 0.1) is 0 Å². The molecule has 26 heavy (non-hydrogen) atoms. The maximum Gasteiger partial charge on any atom is 0.271 e. The second-order valence-corrected chi connectivity index (χ2v) is 5.73. The summed E-state index contributed by atoms with van der Waals surface area (Å²) < 4.78 is 5.75. The van der Waals surface area contributed by atoms with Crippen LogP contribution in [-0.4, -0.2) is 22.6 Å². The Morgan fingerprint density at radius 3 is 2.42 bits per heavy atom. The molecule has 0 saturated heterocycles. The van der Waals surface area contributed by atoms with Crippen LogP contribution in [0.3, 0.4) is 0 Å². The summed E-state index contributed by atoms with van der Waals surface area (Å²) in [5.41, 5.74) is 2.06. The standard InChI is InChI=1S/C20H19N3O3/c24-19-11-10-18(22-23-19)20(25)21-13-12-15-6-8-17(9-7-15)26-14-16-4-2-1-3-5-16/h1-11H,12-14H2,(H,21,25)(H,23,24). The van der Waals surface area contributed by atoms with E-state index in [0.29, 0.717) is 19.6 Å². The summed E-state index contributed by atoms with van der Waals surface area (Å²) in [7, 11) is 0. The van der Waals surface area contributed by atoms with Crippen molar-refractivity contribution < 1.29 is 9.53 Å². The fourth-order valence-electron chi connectivity index (χ4n) is 2.38. The Hall–Kier alpha value is -3.41. The number of rotatable bonds is 7. The highest BCUT2D eigenvalue weighted by Crippen LogP contribution is 2.14. The molecule has 0 radical (unpaired) electrons. The smallest absolute Gasteiger partial charge is 0.271 e. The molecule has 1 heterocycles. The van der Waals surface area contributed by atoms with Crippen molar-refractivity contribution in [3.05, 3.63) is 93.9 Å². The molecule has 3 aromatic rings. The average Bonchev–Trinajstić information content (AvgIpc) is 2.68. The Bertz CT molecular complexity index is 885. The number of carbonyl (C=O) groups is 1. The van der Waals surface area contributed by atoms with E-state index >= 15 is 0 Å². The predicted octanol–water partition coefficient (Wildman–Crippen LogP) is 2.32. The quantitative estimate of drug-likeness (QED) is 0.686. The van der Waals surface area contributed by atoms with E-state index in [9.17, 15) is 9.59 Å². The fraction of sp³-hybridized carbons (Fsp3) is 0.150. The van der Waals surface area contributed by atoms with Gasteiger partial charge >= 0.3 is 0 Å². The largest absolute Gasteiger partial charge is 0.489 e. The molecule has 0 bridgehead atoms. The number of aromatic amines is 1. The summed E-state index contributed by atoms with van der Waals surface area (Å²) >= 11 is 0. The van der Waals surface area contributed by atoms with Crippen molar-refractivity contribution in [2.75, 3.05) is 6.54 Å². The molecule has 2 N–H and O–H groups in total. The molecular formula is C20H19N3O3. The number of nitrogens with one attached hydrogen (secondary N) is 2. The lowest BCUT2D eigenvalue weighted by atomic mass is 10.1. The van der Waals surface area contributed by atoms with Crippen LogP contribution in [-0.2, 0) is 13.0 Å². The average molecular weight is 349 g/mol. The Morgan fingerprint density at radius 2 is 1.73 bits per heavy atom. The first-order chi connectivity index (χ1) is 12.7. The zero-order valence-electron chi connectivity index (χ0n) is 14.1. The van der Waals surface area contributed by atoms with Crippen molar-refractivity contribution in [1.82, 2.24) is 15.5 Å². The van der Waals surface area contributed by atoms with E-state index in [2.05, 4.69) is 15.5 Å². The van der Waals surface area contributed by atoms with Crippen LogP contribution in [0.15, 0.2) is 71.5 Å². The van der Waals surface area contributed by atoms with Crippen LogP contribution in [0.1, 0.15) is 21.6 Å². The van der Waals surface area contributed by atoms with Crippen molar-refractivity contribution in [3.63, 3.8) is 0 Å². The molecule has 0 aliphatic carbocycles. The zero-order chi connectivity index (χ0) is 18.2. The molecule has 1 aromatic heterocycles. The van der Waals surface area contributed by atoms with Gasteiger partial charge in [-0.25, -0.2) is 5.10 Å². The summed E-state index contributed by atoms with van der Waals surface area (Å²) in [5, 5.41) is 8.71. The minimum Gasteiger partial charge on any atom is -0.489 e. The van der Waals surface area contributed by atoms with E-state index in [1.165, 1.54) is 12.1 Å². The van der Waals surface area contributed by atoms with Gasteiger partial charge in [0.2, 0.25) is 0 Å². The molecule has 3 rings (SSSR count). The van der Waals surface area contributed by atoms with Gasteiger partial charge in [-0.2, -0.15) is 5.10 Å². The first-order valence-corrected chi connectivity index (χ1v) is 8.30. The number of ether oxygens (including phenoxy) is 1. The van der Waals surface area contributed by atoms with Crippen LogP contribution in [0.25, 0.3) is 0 Å². The van der Waals surface area contributed by atoms with Gasteiger partial charge in [-0.1, -0.05) is 42.5 Å². The second-order valence-electron chi connectivity index (χ2n) is 5.73. The number of aromatic nitrogens is 2. The molecular weight excluding hydrogens is 330 g/mol. The van der Waals surface area contributed by atoms with Crippen molar-refractivity contribution in [3.8, 4) is 5.75 Å². The van der Waals surface area contributed by atoms with E-state index in [1.54, 1.807) is 0 Å². The Labute approximate surface area is 150 Å². The van der Waals surface area contributed by atoms with Gasteiger partial charge in [0.05, 0.1) is 0 Å². The maximum atomic E-state index is 11.9. The number of amides is 1. The highest BCUT2D eigenvalue weighted by Gasteiger charge is 2.06. The summed E-state index contributed by atoms with van der Waals surface area (Å²) in [5.74, 6) is 0.489. The highest BCUT2D eigenvalue weighted by molar-refractivity contribution is 5.91. The van der Waals surface area contributed by atoms with Crippen LogP contribution in [0.2, 0.25) is 0 Å². The van der Waals surface area contributed by atoms with Crippen molar-refractivity contribution in [2.24, 2.45) is 0 Å². The second kappa shape index (κ2) is 8.62. The molecule has 0 unspecified atom stereocenters. The molecule has 0 fully saturated rings. The summed E-state index contributed by atoms with van der Waals surface area (Å²) in [6.45, 7) is 1.01. The van der Waals surface area contributed by atoms with Gasteiger partial charge in [-0.3, -0.25) is 9.59 Å². The number of carbonyl (C=O) groups excluding carboxylic acids is 1. The number of hydrogen-bond acceptors (Lipinski definition) is 4. The number of hydrogen-bond donors (Lipinski definition) is 2. The summed E-state index contributed by atoms with van der Waals surface area (Å²) in [6, 6.07) is 20.5. The minimum atomic E-state index is -0.337. The maximum absolute atomic E-state index is 11.9. The molecule has 2 aromatic carbocycles. The molecule has 0 aliphatic heterocycles. The molecule has 0 atom stereocenters. The van der Waals surface area contributed by atoms with Gasteiger partial charge in [-0.15, -0.1) is 0 Å². The summed E-state index contributed by atoms with van der Waals surface area (Å²) in [4.78, 5) is 22.8. The van der Waals surface area contributed by atoms with Gasteiger partial charge in [0.25, 0.3) is 11.5 Å². The third kappa shape index (κ3) is 5.04. The lowest BCUT2D eigenvalue weighted by Gasteiger charge is -2.08. The van der Waals surface area contributed by atoms with Gasteiger partial charge in [0.15, 0.2) is 0 Å². The zero-order valence-corrected chi connectivity index (χ0v) is 14.1. The van der Waals surface area contributed by atoms with Crippen molar-refractivity contribution >= 4 is 5.91 Å². The Morgan fingerprint density at radius 1 is 0.962 bits per heavy atom. The van der Waals surface area contributed by atoms with Crippen molar-refractivity contribution in [2.45, 2.75) is 13.0 Å². The molecule has 6 heteroatoms. The van der Waals surface area contributed by atoms with Gasteiger partial charge in [0.1, 0.15) is 18.1 Å². The normalized spacial score (nSPS) is 10.3. The third-order valence-electron chi connectivity index (χ3n) is 3.78. The van der Waals surface area contributed by atoms with Crippen LogP contribution in [0.5, 0.6) is 5.75 Å². The van der Waals surface area contributed by atoms with E-state index in [4.69, 9.17) is 4.74 Å². The molecule has 0 saturated carbocycles. The van der Waals surface area contributed by atoms with Gasteiger partial charge in [-0.05, 0) is 35.7 Å². The molecule has 1 amide bonds. The van der Waals surface area contributed by atoms with Crippen molar-refractivity contribution in [1.29, 1.82) is 0 Å². The lowest BCUT2D eigenvalue weighted by molar-refractivity contribution is 0.0948. The molecule has 0 aliphatic rings. The SMILES string of the molecule is O=C(NCCc1ccc(OCc2ccccc2)cc1)c1ccc(=O)[nH]n1. The minimum absolute atomic E-state index is 0.189. The predicted molar refractivity (Wildman–Crippen MR) is 98.1 cm³/mol. The Kier molecular flexibility index (Phi) is 5.77. The van der Waals surface area contributed by atoms with E-state index in [1.807, 2.05) is 54.6 Å². The first-order valence-electron chi connectivity index (χ1n) is 8.30. The van der Waals surface area contributed by atoms with Crippen LogP contribution in [0.4, 0.5) is 0 Å². The third-order valence-corrected chi connectivity index (χ3v) is 3.78. The van der Waals surface area contributed by atoms with Crippen LogP contribution < -0.4 is 15.6 Å². The number of nitrogens with zero attached hydrogens (tertiary/aromatic N) is 1. The first kappa shape index (κ1) is 17.4. The molecule has 0 spiro atoms. The number of H-pyrrole nitrogens is 1. The van der Waals surface area contributed by atoms with E-state index < -0.39 is 0 Å². The van der Waals surface area contributed by atoms with Gasteiger partial charge in [0, 0.05) is 12.6 Å². The topological polar surface area (TPSA) is 84.1 Å². The highest BCUT2D eigenvalue weighted by atomic mass is 16.5. The van der Waals surface area contributed by atoms with Gasteiger partial charge < -0.3 is 10.1 Å². The van der Waals surface area contributed by atoms with E-state index in [-0.39, 0.29) is 17.2 Å². The van der Waals surface area contributed by atoms with Crippen LogP contribution >= 0.6 is 0 Å². The summed E-state index contributed by atoms with van der Waals surface area (Å²) in [6.07, 6.45) is 0.689.